The number of halogens is 2. The third kappa shape index (κ3) is 5.00. The van der Waals surface area contributed by atoms with Crippen LogP contribution < -0.4 is 0 Å². The molecule has 2 heterocycles. The number of furan rings is 1. The second kappa shape index (κ2) is 9.57. The van der Waals surface area contributed by atoms with Crippen LogP contribution in [0.5, 0.6) is 0 Å². The Morgan fingerprint density at radius 2 is 2.14 bits per heavy atom. The average molecular weight is 488 g/mol. The third-order valence-electron chi connectivity index (χ3n) is 4.11. The van der Waals surface area contributed by atoms with Crippen LogP contribution in [0.25, 0.3) is 17.4 Å². The van der Waals surface area contributed by atoms with E-state index in [-0.39, 0.29) is 4.32 Å². The molecule has 1 saturated heterocycles. The van der Waals surface area contributed by atoms with E-state index in [2.05, 4.69) is 0 Å². The van der Waals surface area contributed by atoms with E-state index in [1.165, 1.54) is 16.7 Å². The van der Waals surface area contributed by atoms with Crippen molar-refractivity contribution in [3.63, 3.8) is 0 Å². The minimum Gasteiger partial charge on any atom is -0.480 e. The van der Waals surface area contributed by atoms with Crippen molar-refractivity contribution in [2.75, 3.05) is 12.0 Å². The smallest absolute Gasteiger partial charge is 0.326 e. The second-order valence-electron chi connectivity index (χ2n) is 6.01. The zero-order valence-electron chi connectivity index (χ0n) is 15.1. The van der Waals surface area contributed by atoms with Gasteiger partial charge in [-0.05, 0) is 48.8 Å². The number of hydrogen-bond donors (Lipinski definition) is 1. The fraction of sp³-hybridized carbons (Fsp3) is 0.211. The van der Waals surface area contributed by atoms with Crippen LogP contribution in [0.4, 0.5) is 0 Å². The predicted molar refractivity (Wildman–Crippen MR) is 124 cm³/mol. The summed E-state index contributed by atoms with van der Waals surface area (Å²) in [6.45, 7) is 0. The maximum Gasteiger partial charge on any atom is 0.326 e. The molecule has 1 aliphatic heterocycles. The van der Waals surface area contributed by atoms with Crippen molar-refractivity contribution >= 4 is 81.2 Å². The van der Waals surface area contributed by atoms with Gasteiger partial charge < -0.3 is 9.52 Å². The Balaban J connectivity index is 1.84. The molecule has 1 N–H and O–H groups in total. The number of thioether (sulfide) groups is 2. The van der Waals surface area contributed by atoms with Gasteiger partial charge in [0.05, 0.1) is 9.93 Å². The van der Waals surface area contributed by atoms with Crippen molar-refractivity contribution in [2.24, 2.45) is 0 Å². The summed E-state index contributed by atoms with van der Waals surface area (Å²) in [5.74, 6) is 0.0562. The van der Waals surface area contributed by atoms with E-state index >= 15 is 0 Å². The van der Waals surface area contributed by atoms with Crippen LogP contribution in [0, 0.1) is 0 Å². The van der Waals surface area contributed by atoms with Gasteiger partial charge in [-0.25, -0.2) is 4.79 Å². The van der Waals surface area contributed by atoms with E-state index in [1.54, 1.807) is 36.4 Å². The lowest BCUT2D eigenvalue weighted by molar-refractivity contribution is -0.145. The first-order chi connectivity index (χ1) is 13.8. The van der Waals surface area contributed by atoms with Gasteiger partial charge in [0.1, 0.15) is 21.9 Å². The number of carboxylic acids is 1. The van der Waals surface area contributed by atoms with Crippen molar-refractivity contribution in [1.29, 1.82) is 0 Å². The molecule has 1 aromatic heterocycles. The summed E-state index contributed by atoms with van der Waals surface area (Å²) in [5.41, 5.74) is 0.672. The number of rotatable bonds is 7. The zero-order valence-corrected chi connectivity index (χ0v) is 19.0. The molecule has 1 fully saturated rings. The van der Waals surface area contributed by atoms with E-state index in [0.717, 1.165) is 11.8 Å². The van der Waals surface area contributed by atoms with E-state index in [4.69, 9.17) is 39.8 Å². The predicted octanol–water partition coefficient (Wildman–Crippen LogP) is 5.66. The average Bonchev–Trinajstić information content (AvgIpc) is 3.21. The van der Waals surface area contributed by atoms with Gasteiger partial charge in [0.2, 0.25) is 0 Å². The van der Waals surface area contributed by atoms with E-state index in [9.17, 15) is 14.7 Å². The lowest BCUT2D eigenvalue weighted by Gasteiger charge is -2.22. The summed E-state index contributed by atoms with van der Waals surface area (Å²) in [5, 5.41) is 10.5. The van der Waals surface area contributed by atoms with Crippen molar-refractivity contribution in [3.8, 4) is 11.3 Å². The molecule has 0 spiro atoms. The summed E-state index contributed by atoms with van der Waals surface area (Å²) in [6.07, 6.45) is 3.75. The maximum absolute atomic E-state index is 12.8. The molecule has 10 heteroatoms. The van der Waals surface area contributed by atoms with Crippen LogP contribution >= 0.6 is 58.9 Å². The monoisotopic (exact) mass is 487 g/mol. The Morgan fingerprint density at radius 3 is 2.79 bits per heavy atom. The molecule has 0 aliphatic carbocycles. The highest BCUT2D eigenvalue weighted by Crippen LogP contribution is 2.36. The van der Waals surface area contributed by atoms with Crippen molar-refractivity contribution in [2.45, 2.75) is 12.5 Å². The van der Waals surface area contributed by atoms with Crippen LogP contribution in [0.15, 0.2) is 39.7 Å². The zero-order chi connectivity index (χ0) is 21.1. The topological polar surface area (TPSA) is 70.8 Å². The molecule has 1 unspecified atom stereocenters. The molecular formula is C19H15Cl2NO4S3. The molecule has 1 amide bonds. The molecule has 3 rings (SSSR count). The third-order valence-corrected chi connectivity index (χ3v) is 6.63. The van der Waals surface area contributed by atoms with Crippen LogP contribution in [-0.2, 0) is 9.59 Å². The number of hydrogen-bond acceptors (Lipinski definition) is 6. The molecule has 0 bridgehead atoms. The minimum absolute atomic E-state index is 0.224. The molecule has 0 radical (unpaired) electrons. The van der Waals surface area contributed by atoms with Gasteiger partial charge >= 0.3 is 5.97 Å². The highest BCUT2D eigenvalue weighted by molar-refractivity contribution is 8.26. The maximum atomic E-state index is 12.8. The van der Waals surface area contributed by atoms with Gasteiger partial charge in [-0.2, -0.15) is 11.8 Å². The first-order valence-corrected chi connectivity index (χ1v) is 11.7. The number of carboxylic acid groups (broad SMARTS) is 1. The Morgan fingerprint density at radius 1 is 1.38 bits per heavy atom. The second-order valence-corrected chi connectivity index (χ2v) is 9.52. The lowest BCUT2D eigenvalue weighted by Crippen LogP contribution is -2.44. The fourth-order valence-electron chi connectivity index (χ4n) is 2.73. The SMILES string of the molecule is CSCCC(C(=O)O)N1C(=O)/C(=C/c2ccc(-c3ccc(Cl)cc3Cl)o2)SC1=S. The number of aliphatic carboxylic acids is 1. The Bertz CT molecular complexity index is 1010. The normalized spacial score (nSPS) is 16.7. The van der Waals surface area contributed by atoms with E-state index in [1.807, 2.05) is 6.26 Å². The van der Waals surface area contributed by atoms with Crippen LogP contribution in [0.3, 0.4) is 0 Å². The summed E-state index contributed by atoms with van der Waals surface area (Å²) < 4.78 is 6.02. The number of benzene rings is 1. The number of carbonyl (C=O) groups is 2. The first kappa shape index (κ1) is 22.2. The highest BCUT2D eigenvalue weighted by Gasteiger charge is 2.40. The lowest BCUT2D eigenvalue weighted by atomic mass is 10.2. The molecular weight excluding hydrogens is 473 g/mol. The summed E-state index contributed by atoms with van der Waals surface area (Å²) in [4.78, 5) is 25.9. The summed E-state index contributed by atoms with van der Waals surface area (Å²) in [7, 11) is 0. The Labute approximate surface area is 191 Å². The highest BCUT2D eigenvalue weighted by atomic mass is 35.5. The molecule has 0 saturated carbocycles. The standard InChI is InChI=1S/C19H15Cl2NO4S3/c1-28-7-6-14(18(24)25)22-17(23)16(29-19(22)27)9-11-3-5-15(26-11)12-4-2-10(20)8-13(12)21/h2-5,8-9,14H,6-7H2,1H3,(H,24,25)/b16-9-. The van der Waals surface area contributed by atoms with Crippen molar-refractivity contribution < 1.29 is 19.1 Å². The van der Waals surface area contributed by atoms with Crippen LogP contribution in [0.2, 0.25) is 10.0 Å². The molecule has 1 aromatic carbocycles. The van der Waals surface area contributed by atoms with Crippen LogP contribution in [-0.4, -0.2) is 44.3 Å². The van der Waals surface area contributed by atoms with Gasteiger partial charge in [0, 0.05) is 16.7 Å². The Kier molecular flexibility index (Phi) is 7.34. The first-order valence-electron chi connectivity index (χ1n) is 8.36. The largest absolute Gasteiger partial charge is 0.480 e. The summed E-state index contributed by atoms with van der Waals surface area (Å²) >= 11 is 20.0. The molecule has 1 aliphatic rings. The van der Waals surface area contributed by atoms with E-state index in [0.29, 0.717) is 44.2 Å². The number of nitrogens with zero attached hydrogens (tertiary/aromatic N) is 1. The van der Waals surface area contributed by atoms with Gasteiger partial charge in [-0.3, -0.25) is 9.69 Å². The molecule has 5 nitrogen and oxygen atoms in total. The van der Waals surface area contributed by atoms with E-state index < -0.39 is 17.9 Å². The van der Waals surface area contributed by atoms with Gasteiger partial charge in [-0.15, -0.1) is 0 Å². The van der Waals surface area contributed by atoms with Gasteiger partial charge in [-0.1, -0.05) is 47.2 Å². The van der Waals surface area contributed by atoms with Crippen molar-refractivity contribution in [1.82, 2.24) is 4.90 Å². The number of thiocarbonyl (C=S) groups is 1. The van der Waals surface area contributed by atoms with Crippen LogP contribution in [0.1, 0.15) is 12.2 Å². The number of carbonyl (C=O) groups excluding carboxylic acids is 1. The fourth-order valence-corrected chi connectivity index (χ4v) is 5.03. The van der Waals surface area contributed by atoms with Gasteiger partial charge in [0.15, 0.2) is 0 Å². The molecule has 1 atom stereocenters. The summed E-state index contributed by atoms with van der Waals surface area (Å²) in [6, 6.07) is 7.52. The molecule has 29 heavy (non-hydrogen) atoms. The minimum atomic E-state index is -1.07. The Hall–Kier alpha value is -1.45. The quantitative estimate of drug-likeness (QED) is 0.398. The van der Waals surface area contributed by atoms with Crippen molar-refractivity contribution in [3.05, 3.63) is 51.0 Å². The molecule has 2 aromatic rings. The number of amides is 1. The van der Waals surface area contributed by atoms with Gasteiger partial charge in [0.25, 0.3) is 5.91 Å². The molecule has 152 valence electrons.